The Balaban J connectivity index is 1.74. The van der Waals surface area contributed by atoms with Gasteiger partial charge in [0, 0.05) is 12.5 Å². The van der Waals surface area contributed by atoms with E-state index in [4.69, 9.17) is 0 Å². The van der Waals surface area contributed by atoms with Crippen molar-refractivity contribution in [1.29, 1.82) is 0 Å². The van der Waals surface area contributed by atoms with Crippen LogP contribution < -0.4 is 10.9 Å². The van der Waals surface area contributed by atoms with Gasteiger partial charge >= 0.3 is 0 Å². The zero-order chi connectivity index (χ0) is 15.6. The minimum atomic E-state index is -0.213. The number of aromatic amines is 1. The van der Waals surface area contributed by atoms with Crippen molar-refractivity contribution in [2.75, 3.05) is 13.1 Å². The molecule has 118 valence electrons. The molecular formula is C16H18N6O. The molecule has 0 bridgehead atoms. The van der Waals surface area contributed by atoms with Gasteiger partial charge in [0.1, 0.15) is 5.82 Å². The number of rotatable bonds is 3. The molecule has 0 radical (unpaired) electrons. The molecule has 1 fully saturated rings. The van der Waals surface area contributed by atoms with E-state index in [1.165, 1.54) is 0 Å². The Morgan fingerprint density at radius 3 is 2.91 bits per heavy atom. The molecule has 7 heteroatoms. The molecule has 1 atom stereocenters. The van der Waals surface area contributed by atoms with E-state index in [0.29, 0.717) is 17.7 Å². The summed E-state index contributed by atoms with van der Waals surface area (Å²) < 4.78 is 1.69. The lowest BCUT2D eigenvalue weighted by Gasteiger charge is -2.21. The molecule has 0 amide bonds. The molecule has 4 rings (SSSR count). The first-order valence-electron chi connectivity index (χ1n) is 7.89. The second-order valence-corrected chi connectivity index (χ2v) is 5.90. The molecule has 0 saturated carbocycles. The zero-order valence-corrected chi connectivity index (χ0v) is 12.7. The average molecular weight is 310 g/mol. The van der Waals surface area contributed by atoms with Crippen molar-refractivity contribution in [2.24, 2.45) is 0 Å². The molecular weight excluding hydrogens is 292 g/mol. The summed E-state index contributed by atoms with van der Waals surface area (Å²) in [6.45, 7) is 2.42. The molecule has 1 aromatic carbocycles. The monoisotopic (exact) mass is 310 g/mol. The highest BCUT2D eigenvalue weighted by molar-refractivity contribution is 5.68. The molecule has 2 aromatic heterocycles. The van der Waals surface area contributed by atoms with Gasteiger partial charge in [0.25, 0.3) is 5.56 Å². The third-order valence-electron chi connectivity index (χ3n) is 4.25. The molecule has 23 heavy (non-hydrogen) atoms. The number of aromatic nitrogens is 5. The summed E-state index contributed by atoms with van der Waals surface area (Å²) in [6, 6.07) is 9.97. The van der Waals surface area contributed by atoms with Gasteiger partial charge in [-0.15, -0.1) is 5.10 Å². The summed E-state index contributed by atoms with van der Waals surface area (Å²) in [4.78, 5) is 19.8. The fraction of sp³-hybridized carbons (Fsp3) is 0.375. The number of hydrogen-bond acceptors (Lipinski definition) is 5. The highest BCUT2D eigenvalue weighted by Gasteiger charge is 2.20. The summed E-state index contributed by atoms with van der Waals surface area (Å²) >= 11 is 0. The normalized spacial score (nSPS) is 18.3. The molecule has 2 N–H and O–H groups in total. The Hall–Kier alpha value is -2.54. The Labute approximate surface area is 132 Å². The van der Waals surface area contributed by atoms with E-state index in [9.17, 15) is 4.79 Å². The van der Waals surface area contributed by atoms with Crippen molar-refractivity contribution in [1.82, 2.24) is 30.3 Å². The molecule has 3 aromatic rings. The van der Waals surface area contributed by atoms with Crippen molar-refractivity contribution in [3.8, 4) is 0 Å². The van der Waals surface area contributed by atoms with Crippen LogP contribution in [0.15, 0.2) is 35.1 Å². The lowest BCUT2D eigenvalue weighted by Crippen LogP contribution is -2.30. The number of nitrogens with zero attached hydrogens (tertiary/aromatic N) is 4. The van der Waals surface area contributed by atoms with Crippen molar-refractivity contribution < 1.29 is 0 Å². The second kappa shape index (κ2) is 5.92. The standard InChI is InChI=1S/C16H18N6O/c23-16-13-15(18-14(19-16)12-7-4-8-17-9-12)22(21-20-13)10-11-5-2-1-3-6-11/h1-3,5-6,12,17H,4,7-10H2,(H,18,19,23). The van der Waals surface area contributed by atoms with Crippen molar-refractivity contribution in [2.45, 2.75) is 25.3 Å². The van der Waals surface area contributed by atoms with E-state index >= 15 is 0 Å². The molecule has 0 aliphatic carbocycles. The number of nitrogens with one attached hydrogen (secondary N) is 2. The van der Waals surface area contributed by atoms with Crippen LogP contribution in [0.3, 0.4) is 0 Å². The van der Waals surface area contributed by atoms with E-state index in [1.54, 1.807) is 4.68 Å². The van der Waals surface area contributed by atoms with Crippen LogP contribution in [0.5, 0.6) is 0 Å². The summed E-state index contributed by atoms with van der Waals surface area (Å²) in [6.07, 6.45) is 2.12. The predicted molar refractivity (Wildman–Crippen MR) is 86.3 cm³/mol. The predicted octanol–water partition coefficient (Wildman–Crippen LogP) is 1.03. The number of piperidine rings is 1. The Kier molecular flexibility index (Phi) is 3.63. The minimum Gasteiger partial charge on any atom is -0.316 e. The van der Waals surface area contributed by atoms with Crippen molar-refractivity contribution >= 4 is 11.2 Å². The van der Waals surface area contributed by atoms with Crippen LogP contribution in [0.4, 0.5) is 0 Å². The van der Waals surface area contributed by atoms with Gasteiger partial charge in [0.2, 0.25) is 0 Å². The second-order valence-electron chi connectivity index (χ2n) is 5.90. The molecule has 1 aliphatic rings. The van der Waals surface area contributed by atoms with Gasteiger partial charge in [-0.25, -0.2) is 9.67 Å². The number of fused-ring (bicyclic) bond motifs is 1. The quantitative estimate of drug-likeness (QED) is 0.754. The molecule has 1 saturated heterocycles. The van der Waals surface area contributed by atoms with Gasteiger partial charge in [-0.3, -0.25) is 4.79 Å². The van der Waals surface area contributed by atoms with Gasteiger partial charge < -0.3 is 10.3 Å². The van der Waals surface area contributed by atoms with Gasteiger partial charge in [-0.2, -0.15) is 0 Å². The van der Waals surface area contributed by atoms with Gasteiger partial charge in [0.05, 0.1) is 6.54 Å². The number of benzene rings is 1. The Morgan fingerprint density at radius 1 is 1.26 bits per heavy atom. The maximum atomic E-state index is 12.3. The molecule has 1 unspecified atom stereocenters. The molecule has 0 spiro atoms. The summed E-state index contributed by atoms with van der Waals surface area (Å²) in [5.41, 5.74) is 1.74. The third kappa shape index (κ3) is 2.75. The van der Waals surface area contributed by atoms with Gasteiger partial charge in [-0.1, -0.05) is 35.5 Å². The fourth-order valence-corrected chi connectivity index (χ4v) is 3.02. The first-order valence-corrected chi connectivity index (χ1v) is 7.89. The van der Waals surface area contributed by atoms with E-state index in [0.717, 1.165) is 37.3 Å². The maximum Gasteiger partial charge on any atom is 0.281 e. The highest BCUT2D eigenvalue weighted by atomic mass is 16.1. The van der Waals surface area contributed by atoms with Crippen LogP contribution >= 0.6 is 0 Å². The van der Waals surface area contributed by atoms with E-state index < -0.39 is 0 Å². The largest absolute Gasteiger partial charge is 0.316 e. The van der Waals surface area contributed by atoms with E-state index in [-0.39, 0.29) is 11.5 Å². The Bertz CT molecular complexity index is 863. The molecule has 7 nitrogen and oxygen atoms in total. The first kappa shape index (κ1) is 14.1. The van der Waals surface area contributed by atoms with Crippen LogP contribution in [0.1, 0.15) is 30.1 Å². The molecule has 3 heterocycles. The first-order chi connectivity index (χ1) is 11.3. The summed E-state index contributed by atoms with van der Waals surface area (Å²) in [5.74, 6) is 0.965. The van der Waals surface area contributed by atoms with Crippen LogP contribution in [0.2, 0.25) is 0 Å². The van der Waals surface area contributed by atoms with Crippen molar-refractivity contribution in [3.05, 3.63) is 52.1 Å². The third-order valence-corrected chi connectivity index (χ3v) is 4.25. The van der Waals surface area contributed by atoms with Gasteiger partial charge in [-0.05, 0) is 24.9 Å². The maximum absolute atomic E-state index is 12.3. The Morgan fingerprint density at radius 2 is 2.13 bits per heavy atom. The SMILES string of the molecule is O=c1[nH]c(C2CCCNC2)nc2c1nnn2Cc1ccccc1. The number of hydrogen-bond donors (Lipinski definition) is 2. The highest BCUT2D eigenvalue weighted by Crippen LogP contribution is 2.20. The van der Waals surface area contributed by atoms with E-state index in [1.807, 2.05) is 30.3 Å². The van der Waals surface area contributed by atoms with E-state index in [2.05, 4.69) is 25.6 Å². The van der Waals surface area contributed by atoms with Crippen LogP contribution in [0, 0.1) is 0 Å². The lowest BCUT2D eigenvalue weighted by atomic mass is 9.99. The smallest absolute Gasteiger partial charge is 0.281 e. The fourth-order valence-electron chi connectivity index (χ4n) is 3.02. The summed E-state index contributed by atoms with van der Waals surface area (Å²) in [5, 5.41) is 11.4. The topological polar surface area (TPSA) is 88.5 Å². The summed E-state index contributed by atoms with van der Waals surface area (Å²) in [7, 11) is 0. The lowest BCUT2D eigenvalue weighted by molar-refractivity contribution is 0.446. The van der Waals surface area contributed by atoms with Crippen LogP contribution in [-0.2, 0) is 6.54 Å². The zero-order valence-electron chi connectivity index (χ0n) is 12.7. The molecule has 1 aliphatic heterocycles. The van der Waals surface area contributed by atoms with Gasteiger partial charge in [0.15, 0.2) is 11.2 Å². The van der Waals surface area contributed by atoms with Crippen LogP contribution in [-0.4, -0.2) is 38.1 Å². The van der Waals surface area contributed by atoms with Crippen molar-refractivity contribution in [3.63, 3.8) is 0 Å². The minimum absolute atomic E-state index is 0.213. The van der Waals surface area contributed by atoms with Crippen LogP contribution in [0.25, 0.3) is 11.2 Å². The number of H-pyrrole nitrogens is 1. The average Bonchev–Trinajstić information content (AvgIpc) is 3.00.